The van der Waals surface area contributed by atoms with Crippen LogP contribution < -0.4 is 0 Å². The van der Waals surface area contributed by atoms with Crippen LogP contribution in [0, 0.1) is 5.92 Å². The average molecular weight is 200 g/mol. The second-order valence-electron chi connectivity index (χ2n) is 4.33. The molecule has 3 heteroatoms. The minimum Gasteiger partial charge on any atom is -0.457 e. The molecule has 0 heterocycles. The Morgan fingerprint density at radius 2 is 1.93 bits per heavy atom. The number of esters is 1. The maximum atomic E-state index is 11.4. The molecule has 1 aliphatic rings. The van der Waals surface area contributed by atoms with E-state index in [0.29, 0.717) is 5.92 Å². The van der Waals surface area contributed by atoms with Gasteiger partial charge >= 0.3 is 5.97 Å². The molecule has 14 heavy (non-hydrogen) atoms. The maximum absolute atomic E-state index is 11.4. The molecule has 0 radical (unpaired) electrons. The van der Waals surface area contributed by atoms with Crippen molar-refractivity contribution >= 4 is 5.97 Å². The highest BCUT2D eigenvalue weighted by Crippen LogP contribution is 2.39. The largest absolute Gasteiger partial charge is 0.457 e. The van der Waals surface area contributed by atoms with Gasteiger partial charge in [0, 0.05) is 7.11 Å². The van der Waals surface area contributed by atoms with Gasteiger partial charge in [-0.1, -0.05) is 13.8 Å². The Balaban J connectivity index is 2.56. The van der Waals surface area contributed by atoms with Crippen molar-refractivity contribution in [1.29, 1.82) is 0 Å². The lowest BCUT2D eigenvalue weighted by molar-refractivity contribution is -0.168. The van der Waals surface area contributed by atoms with Gasteiger partial charge in [0.05, 0.1) is 0 Å². The first-order valence-electron chi connectivity index (χ1n) is 5.31. The number of hydrogen-bond acceptors (Lipinski definition) is 3. The van der Waals surface area contributed by atoms with Crippen molar-refractivity contribution < 1.29 is 14.3 Å². The molecule has 0 N–H and O–H groups in total. The summed E-state index contributed by atoms with van der Waals surface area (Å²) in [5, 5.41) is 0. The third-order valence-corrected chi connectivity index (χ3v) is 3.08. The SMILES string of the molecule is COCC(=O)OC1(C(C)C)CCCC1. The smallest absolute Gasteiger partial charge is 0.332 e. The number of rotatable bonds is 4. The van der Waals surface area contributed by atoms with Gasteiger partial charge in [-0.3, -0.25) is 0 Å². The summed E-state index contributed by atoms with van der Waals surface area (Å²) in [4.78, 5) is 11.4. The molecule has 0 amide bonds. The minimum absolute atomic E-state index is 0.0640. The Bertz CT molecular complexity index is 193. The molecule has 82 valence electrons. The highest BCUT2D eigenvalue weighted by atomic mass is 16.6. The molecule has 0 aromatic carbocycles. The minimum atomic E-state index is -0.233. The Morgan fingerprint density at radius 1 is 1.36 bits per heavy atom. The zero-order valence-corrected chi connectivity index (χ0v) is 9.34. The summed E-state index contributed by atoms with van der Waals surface area (Å²) in [6.45, 7) is 4.30. The van der Waals surface area contributed by atoms with E-state index in [9.17, 15) is 4.79 Å². The zero-order valence-electron chi connectivity index (χ0n) is 9.34. The second-order valence-corrected chi connectivity index (χ2v) is 4.33. The van der Waals surface area contributed by atoms with Crippen molar-refractivity contribution in [3.8, 4) is 0 Å². The molecule has 0 bridgehead atoms. The van der Waals surface area contributed by atoms with Crippen LogP contribution in [-0.2, 0) is 14.3 Å². The van der Waals surface area contributed by atoms with Gasteiger partial charge in [0.2, 0.25) is 0 Å². The zero-order chi connectivity index (χ0) is 10.6. The summed E-state index contributed by atoms with van der Waals surface area (Å²) in [5.41, 5.74) is -0.213. The first-order valence-corrected chi connectivity index (χ1v) is 5.31. The van der Waals surface area contributed by atoms with E-state index in [1.165, 1.54) is 20.0 Å². The van der Waals surface area contributed by atoms with E-state index in [1.54, 1.807) is 0 Å². The monoisotopic (exact) mass is 200 g/mol. The average Bonchev–Trinajstić information content (AvgIpc) is 2.54. The summed E-state index contributed by atoms with van der Waals surface area (Å²) < 4.78 is 10.3. The Kier molecular flexibility index (Phi) is 3.93. The van der Waals surface area contributed by atoms with E-state index in [2.05, 4.69) is 13.8 Å². The van der Waals surface area contributed by atoms with Crippen molar-refractivity contribution in [2.75, 3.05) is 13.7 Å². The van der Waals surface area contributed by atoms with Gasteiger partial charge in [-0.05, 0) is 31.6 Å². The van der Waals surface area contributed by atoms with Crippen LogP contribution in [0.2, 0.25) is 0 Å². The van der Waals surface area contributed by atoms with Crippen LogP contribution in [0.1, 0.15) is 39.5 Å². The number of carbonyl (C=O) groups is 1. The third-order valence-electron chi connectivity index (χ3n) is 3.08. The normalized spacial score (nSPS) is 20.0. The number of methoxy groups -OCH3 is 1. The molecule has 1 rings (SSSR count). The molecule has 0 atom stereocenters. The first kappa shape index (κ1) is 11.5. The van der Waals surface area contributed by atoms with E-state index in [-0.39, 0.29) is 18.2 Å². The van der Waals surface area contributed by atoms with Crippen molar-refractivity contribution in [3.05, 3.63) is 0 Å². The molecule has 0 aromatic heterocycles. The summed E-state index contributed by atoms with van der Waals surface area (Å²) in [6, 6.07) is 0. The second kappa shape index (κ2) is 4.78. The van der Waals surface area contributed by atoms with Crippen molar-refractivity contribution in [1.82, 2.24) is 0 Å². The lowest BCUT2D eigenvalue weighted by atomic mass is 9.88. The Morgan fingerprint density at radius 3 is 2.36 bits per heavy atom. The predicted molar refractivity (Wildman–Crippen MR) is 54.0 cm³/mol. The molecular formula is C11H20O3. The molecule has 1 saturated carbocycles. The van der Waals surface area contributed by atoms with Crippen molar-refractivity contribution in [2.45, 2.75) is 45.1 Å². The fourth-order valence-electron chi connectivity index (χ4n) is 2.14. The lowest BCUT2D eigenvalue weighted by Gasteiger charge is -2.33. The first-order chi connectivity index (χ1) is 6.60. The lowest BCUT2D eigenvalue weighted by Crippen LogP contribution is -2.38. The summed E-state index contributed by atoms with van der Waals surface area (Å²) in [6.07, 6.45) is 4.33. The summed E-state index contributed by atoms with van der Waals surface area (Å²) in [7, 11) is 1.51. The van der Waals surface area contributed by atoms with Gasteiger partial charge in [0.15, 0.2) is 0 Å². The van der Waals surface area contributed by atoms with Gasteiger partial charge in [-0.2, -0.15) is 0 Å². The Hall–Kier alpha value is -0.570. The molecule has 0 aliphatic heterocycles. The number of ether oxygens (including phenoxy) is 2. The van der Waals surface area contributed by atoms with Crippen LogP contribution in [0.3, 0.4) is 0 Å². The van der Waals surface area contributed by atoms with Gasteiger partial charge in [-0.25, -0.2) is 4.79 Å². The van der Waals surface area contributed by atoms with Crippen molar-refractivity contribution in [3.63, 3.8) is 0 Å². The van der Waals surface area contributed by atoms with Gasteiger partial charge in [-0.15, -0.1) is 0 Å². The van der Waals surface area contributed by atoms with Crippen molar-refractivity contribution in [2.24, 2.45) is 5.92 Å². The summed E-state index contributed by atoms with van der Waals surface area (Å²) >= 11 is 0. The highest BCUT2D eigenvalue weighted by molar-refractivity contribution is 5.71. The maximum Gasteiger partial charge on any atom is 0.332 e. The topological polar surface area (TPSA) is 35.5 Å². The molecule has 1 fully saturated rings. The van der Waals surface area contributed by atoms with Crippen LogP contribution in [0.25, 0.3) is 0 Å². The van der Waals surface area contributed by atoms with Gasteiger partial charge < -0.3 is 9.47 Å². The summed E-state index contributed by atoms with van der Waals surface area (Å²) in [5.74, 6) is 0.161. The van der Waals surface area contributed by atoms with E-state index >= 15 is 0 Å². The van der Waals surface area contributed by atoms with E-state index in [1.807, 2.05) is 0 Å². The van der Waals surface area contributed by atoms with Gasteiger partial charge in [0.25, 0.3) is 0 Å². The van der Waals surface area contributed by atoms with Crippen LogP contribution >= 0.6 is 0 Å². The van der Waals surface area contributed by atoms with E-state index in [0.717, 1.165) is 12.8 Å². The van der Waals surface area contributed by atoms with E-state index < -0.39 is 0 Å². The number of hydrogen-bond donors (Lipinski definition) is 0. The van der Waals surface area contributed by atoms with Gasteiger partial charge in [0.1, 0.15) is 12.2 Å². The molecule has 3 nitrogen and oxygen atoms in total. The third kappa shape index (κ3) is 2.47. The van der Waals surface area contributed by atoms with Crippen LogP contribution in [-0.4, -0.2) is 25.3 Å². The quantitative estimate of drug-likeness (QED) is 0.652. The van der Waals surface area contributed by atoms with Crippen LogP contribution in [0.15, 0.2) is 0 Å². The number of carbonyl (C=O) groups excluding carboxylic acids is 1. The molecule has 1 aliphatic carbocycles. The molecule has 0 saturated heterocycles. The van der Waals surface area contributed by atoms with E-state index in [4.69, 9.17) is 9.47 Å². The van der Waals surface area contributed by atoms with Crippen LogP contribution in [0.4, 0.5) is 0 Å². The highest BCUT2D eigenvalue weighted by Gasteiger charge is 2.40. The molecule has 0 unspecified atom stereocenters. The molecule has 0 spiro atoms. The fraction of sp³-hybridized carbons (Fsp3) is 0.909. The fourth-order valence-corrected chi connectivity index (χ4v) is 2.14. The predicted octanol–water partition coefficient (Wildman–Crippen LogP) is 2.14. The Labute approximate surface area is 85.8 Å². The molecule has 0 aromatic rings. The standard InChI is InChI=1S/C11H20O3/c1-9(2)11(6-4-5-7-11)14-10(12)8-13-3/h9H,4-8H2,1-3H3. The molecular weight excluding hydrogens is 180 g/mol. The van der Waals surface area contributed by atoms with Crippen LogP contribution in [0.5, 0.6) is 0 Å².